The zero-order valence-corrected chi connectivity index (χ0v) is 10.7. The van der Waals surface area contributed by atoms with Crippen molar-refractivity contribution < 1.29 is 9.53 Å². The molecule has 0 aromatic heterocycles. The summed E-state index contributed by atoms with van der Waals surface area (Å²) < 4.78 is 5.12. The first kappa shape index (κ1) is 14.0. The van der Waals surface area contributed by atoms with Gasteiger partial charge in [-0.15, -0.1) is 0 Å². The molecule has 94 valence electrons. The fourth-order valence-electron chi connectivity index (χ4n) is 1.43. The Morgan fingerprint density at radius 3 is 2.94 bits per heavy atom. The van der Waals surface area contributed by atoms with Crippen molar-refractivity contribution >= 4 is 17.6 Å². The van der Waals surface area contributed by atoms with Gasteiger partial charge in [-0.25, -0.2) is 0 Å². The van der Waals surface area contributed by atoms with E-state index in [9.17, 15) is 4.79 Å². The highest BCUT2D eigenvalue weighted by atomic mass is 35.5. The number of rotatable bonds is 6. The average molecular weight is 256 g/mol. The highest BCUT2D eigenvalue weighted by Gasteiger charge is 2.14. The molecule has 0 fully saturated rings. The summed E-state index contributed by atoms with van der Waals surface area (Å²) in [6.45, 7) is 2.28. The van der Waals surface area contributed by atoms with Crippen LogP contribution in [0.4, 0.5) is 0 Å². The van der Waals surface area contributed by atoms with Gasteiger partial charge in [0.05, 0.1) is 0 Å². The SMILES string of the molecule is CCCCC(N)C(=O)OCc1cccc(Cl)c1. The van der Waals surface area contributed by atoms with Crippen LogP contribution < -0.4 is 5.73 Å². The molecular weight excluding hydrogens is 238 g/mol. The Hall–Kier alpha value is -1.06. The van der Waals surface area contributed by atoms with Crippen LogP contribution in [0.3, 0.4) is 0 Å². The Bertz CT molecular complexity index is 368. The van der Waals surface area contributed by atoms with Gasteiger partial charge in [-0.2, -0.15) is 0 Å². The summed E-state index contributed by atoms with van der Waals surface area (Å²) in [7, 11) is 0. The quantitative estimate of drug-likeness (QED) is 0.796. The summed E-state index contributed by atoms with van der Waals surface area (Å²) in [5, 5.41) is 0.633. The van der Waals surface area contributed by atoms with Crippen molar-refractivity contribution in [1.29, 1.82) is 0 Å². The molecule has 1 atom stereocenters. The molecule has 0 bridgehead atoms. The van der Waals surface area contributed by atoms with E-state index < -0.39 is 6.04 Å². The molecule has 1 aromatic carbocycles. The molecule has 0 heterocycles. The standard InChI is InChI=1S/C13H18ClNO2/c1-2-3-7-12(15)13(16)17-9-10-5-4-6-11(14)8-10/h4-6,8,12H,2-3,7,9,15H2,1H3. The number of carbonyl (C=O) groups is 1. The zero-order chi connectivity index (χ0) is 12.7. The van der Waals surface area contributed by atoms with Crippen LogP contribution in [-0.2, 0) is 16.1 Å². The van der Waals surface area contributed by atoms with E-state index in [4.69, 9.17) is 22.1 Å². The summed E-state index contributed by atoms with van der Waals surface area (Å²) >= 11 is 5.83. The first-order chi connectivity index (χ1) is 8.13. The number of ether oxygens (including phenoxy) is 1. The molecule has 1 aromatic rings. The summed E-state index contributed by atoms with van der Waals surface area (Å²) in [4.78, 5) is 11.5. The van der Waals surface area contributed by atoms with Gasteiger partial charge in [0, 0.05) is 5.02 Å². The lowest BCUT2D eigenvalue weighted by molar-refractivity contribution is -0.146. The lowest BCUT2D eigenvalue weighted by Gasteiger charge is -2.11. The molecule has 4 heteroatoms. The number of carbonyl (C=O) groups excluding carboxylic acids is 1. The van der Waals surface area contributed by atoms with Crippen molar-refractivity contribution in [2.45, 2.75) is 38.8 Å². The van der Waals surface area contributed by atoms with Crippen molar-refractivity contribution in [3.05, 3.63) is 34.9 Å². The minimum Gasteiger partial charge on any atom is -0.460 e. The molecule has 1 rings (SSSR count). The molecule has 0 saturated carbocycles. The molecule has 0 aliphatic carbocycles. The first-order valence-electron chi connectivity index (χ1n) is 5.80. The number of hydrogen-bond acceptors (Lipinski definition) is 3. The molecule has 0 aliphatic rings. The monoisotopic (exact) mass is 255 g/mol. The smallest absolute Gasteiger partial charge is 0.323 e. The van der Waals surface area contributed by atoms with Gasteiger partial charge in [0.15, 0.2) is 0 Å². The number of esters is 1. The molecule has 0 aliphatic heterocycles. The Labute approximate surface area is 107 Å². The van der Waals surface area contributed by atoms with Gasteiger partial charge in [-0.3, -0.25) is 4.79 Å². The summed E-state index contributed by atoms with van der Waals surface area (Å²) in [6.07, 6.45) is 2.63. The third-order valence-electron chi connectivity index (χ3n) is 2.44. The van der Waals surface area contributed by atoms with Gasteiger partial charge in [0.1, 0.15) is 12.6 Å². The van der Waals surface area contributed by atoms with Gasteiger partial charge >= 0.3 is 5.97 Å². The molecule has 3 nitrogen and oxygen atoms in total. The van der Waals surface area contributed by atoms with Crippen molar-refractivity contribution in [2.75, 3.05) is 0 Å². The lowest BCUT2D eigenvalue weighted by Crippen LogP contribution is -2.32. The Kier molecular flexibility index (Phi) is 6.01. The maximum absolute atomic E-state index is 11.5. The second-order valence-corrected chi connectivity index (χ2v) is 4.42. The first-order valence-corrected chi connectivity index (χ1v) is 6.18. The summed E-state index contributed by atoms with van der Waals surface area (Å²) in [5.74, 6) is -0.349. The minimum absolute atomic E-state index is 0.221. The van der Waals surface area contributed by atoms with Gasteiger partial charge in [-0.05, 0) is 24.1 Å². The number of nitrogens with two attached hydrogens (primary N) is 1. The van der Waals surface area contributed by atoms with E-state index in [2.05, 4.69) is 6.92 Å². The second kappa shape index (κ2) is 7.30. The molecule has 0 amide bonds. The summed E-state index contributed by atoms with van der Waals surface area (Å²) in [5.41, 5.74) is 6.57. The average Bonchev–Trinajstić information content (AvgIpc) is 2.33. The van der Waals surface area contributed by atoms with Crippen molar-refractivity contribution in [1.82, 2.24) is 0 Å². The molecule has 0 saturated heterocycles. The van der Waals surface area contributed by atoms with Crippen LogP contribution in [0, 0.1) is 0 Å². The van der Waals surface area contributed by atoms with E-state index in [1.54, 1.807) is 12.1 Å². The van der Waals surface area contributed by atoms with Gasteiger partial charge in [0.25, 0.3) is 0 Å². The van der Waals surface area contributed by atoms with Crippen LogP contribution in [0.5, 0.6) is 0 Å². The number of benzene rings is 1. The Balaban J connectivity index is 2.37. The minimum atomic E-state index is -0.519. The van der Waals surface area contributed by atoms with Crippen LogP contribution in [0.15, 0.2) is 24.3 Å². The van der Waals surface area contributed by atoms with Crippen LogP contribution >= 0.6 is 11.6 Å². The third-order valence-corrected chi connectivity index (χ3v) is 2.68. The molecule has 0 radical (unpaired) electrons. The fraction of sp³-hybridized carbons (Fsp3) is 0.462. The molecular formula is C13H18ClNO2. The highest BCUT2D eigenvalue weighted by molar-refractivity contribution is 6.30. The van der Waals surface area contributed by atoms with Crippen LogP contribution in [0.25, 0.3) is 0 Å². The van der Waals surface area contributed by atoms with E-state index in [0.29, 0.717) is 11.4 Å². The normalized spacial score (nSPS) is 12.2. The Morgan fingerprint density at radius 2 is 2.29 bits per heavy atom. The predicted molar refractivity (Wildman–Crippen MR) is 68.7 cm³/mol. The van der Waals surface area contributed by atoms with Crippen molar-refractivity contribution in [3.63, 3.8) is 0 Å². The molecule has 2 N–H and O–H groups in total. The van der Waals surface area contributed by atoms with Crippen molar-refractivity contribution in [3.8, 4) is 0 Å². The van der Waals surface area contributed by atoms with Crippen molar-refractivity contribution in [2.24, 2.45) is 5.73 Å². The van der Waals surface area contributed by atoms with Gasteiger partial charge in [0.2, 0.25) is 0 Å². The van der Waals surface area contributed by atoms with Crippen LogP contribution in [-0.4, -0.2) is 12.0 Å². The molecule has 17 heavy (non-hydrogen) atoms. The second-order valence-electron chi connectivity index (χ2n) is 3.99. The van der Waals surface area contributed by atoms with E-state index >= 15 is 0 Å². The molecule has 1 unspecified atom stereocenters. The molecule has 0 spiro atoms. The highest BCUT2D eigenvalue weighted by Crippen LogP contribution is 2.12. The van der Waals surface area contributed by atoms with E-state index in [1.807, 2.05) is 12.1 Å². The number of halogens is 1. The van der Waals surface area contributed by atoms with Gasteiger partial charge < -0.3 is 10.5 Å². The Morgan fingerprint density at radius 1 is 1.53 bits per heavy atom. The van der Waals surface area contributed by atoms with Crippen LogP contribution in [0.2, 0.25) is 5.02 Å². The number of hydrogen-bond donors (Lipinski definition) is 1. The maximum atomic E-state index is 11.5. The maximum Gasteiger partial charge on any atom is 0.323 e. The lowest BCUT2D eigenvalue weighted by atomic mass is 10.1. The van der Waals surface area contributed by atoms with E-state index in [-0.39, 0.29) is 12.6 Å². The predicted octanol–water partition coefficient (Wildman–Crippen LogP) is 2.90. The fourth-order valence-corrected chi connectivity index (χ4v) is 1.64. The number of unbranched alkanes of at least 4 members (excludes halogenated alkanes) is 1. The topological polar surface area (TPSA) is 52.3 Å². The van der Waals surface area contributed by atoms with Crippen LogP contribution in [0.1, 0.15) is 31.7 Å². The van der Waals surface area contributed by atoms with E-state index in [1.165, 1.54) is 0 Å². The largest absolute Gasteiger partial charge is 0.460 e. The zero-order valence-electron chi connectivity index (χ0n) is 9.99. The third kappa shape index (κ3) is 5.20. The van der Waals surface area contributed by atoms with E-state index in [0.717, 1.165) is 18.4 Å². The summed E-state index contributed by atoms with van der Waals surface area (Å²) in [6, 6.07) is 6.71. The van der Waals surface area contributed by atoms with Gasteiger partial charge in [-0.1, -0.05) is 43.5 Å².